The molecule has 1 saturated carbocycles. The van der Waals surface area contributed by atoms with Gasteiger partial charge in [0, 0.05) is 40.6 Å². The lowest BCUT2D eigenvalue weighted by molar-refractivity contribution is -0.339. The van der Waals surface area contributed by atoms with Crippen LogP contribution in [0.3, 0.4) is 0 Å². The fraction of sp³-hybridized carbons (Fsp3) is 0.905. The maximum atomic E-state index is 11.7. The van der Waals surface area contributed by atoms with E-state index in [2.05, 4.69) is 19.9 Å². The normalized spacial score (nSPS) is 53.8. The summed E-state index contributed by atoms with van der Waals surface area (Å²) in [6.07, 6.45) is 1.37. The Kier molecular flexibility index (Phi) is 10.8. The maximum Gasteiger partial charge on any atom is 0.173 e. The van der Waals surface area contributed by atoms with Crippen molar-refractivity contribution in [2.45, 2.75) is 184 Å². The minimum absolute atomic E-state index is 0.0522. The Balaban J connectivity index is 0.821. The maximum absolute atomic E-state index is 11.7. The lowest BCUT2D eigenvalue weighted by atomic mass is 9.52. The number of rotatable bonds is 9. The van der Waals surface area contributed by atoms with Crippen LogP contribution < -0.4 is 0 Å². The Hall–Kier alpha value is -1.24. The lowest BCUT2D eigenvalue weighted by Crippen LogP contribution is -2.57. The summed E-state index contributed by atoms with van der Waals surface area (Å²) >= 11 is 0. The van der Waals surface area contributed by atoms with E-state index in [1.54, 1.807) is 21.3 Å². The van der Waals surface area contributed by atoms with Crippen LogP contribution in [0, 0.1) is 22.7 Å². The highest BCUT2D eigenvalue weighted by atomic mass is 16.8. The van der Waals surface area contributed by atoms with Crippen LogP contribution in [-0.2, 0) is 56.8 Å². The fourth-order valence-corrected chi connectivity index (χ4v) is 12.4. The van der Waals surface area contributed by atoms with Crippen LogP contribution in [0.2, 0.25) is 0 Å². The molecule has 6 heterocycles. The molecule has 316 valence electrons. The molecule has 2 N–H and O–H groups in total. The Morgan fingerprint density at radius 1 is 0.750 bits per heavy atom. The largest absolute Gasteiger partial charge is 0.491 e. The molecule has 3 aliphatic carbocycles. The molecule has 0 unspecified atom stereocenters. The van der Waals surface area contributed by atoms with Crippen LogP contribution in [0.15, 0.2) is 23.0 Å². The monoisotopic (exact) mass is 792 g/mol. The van der Waals surface area contributed by atoms with Crippen LogP contribution in [0.4, 0.5) is 0 Å². The first kappa shape index (κ1) is 40.2. The topological polar surface area (TPSA) is 151 Å². The van der Waals surface area contributed by atoms with Crippen LogP contribution in [0.1, 0.15) is 86.0 Å². The minimum Gasteiger partial charge on any atom is -0.491 e. The first-order chi connectivity index (χ1) is 26.8. The highest BCUT2D eigenvalue weighted by Crippen LogP contribution is 2.69. The third kappa shape index (κ3) is 6.47. The van der Waals surface area contributed by atoms with Gasteiger partial charge in [-0.25, -0.2) is 0 Å². The highest BCUT2D eigenvalue weighted by Gasteiger charge is 2.72. The molecule has 6 aliphatic heterocycles. The molecule has 0 aromatic rings. The molecule has 0 bridgehead atoms. The number of aliphatic hydroxyl groups is 2. The molecule has 0 radical (unpaired) electrons. The van der Waals surface area contributed by atoms with E-state index in [4.69, 9.17) is 56.8 Å². The predicted octanol–water partition coefficient (Wildman–Crippen LogP) is 3.89. The van der Waals surface area contributed by atoms with Crippen molar-refractivity contribution in [2.24, 2.45) is 22.7 Å². The molecular formula is C42H64O14. The Labute approximate surface area is 330 Å². The SMILES string of the molecule is CO[C@H]1C[C@H](O[C@H]2[C@@H](OC)C[C@H](O[C@@H]3CC4=CCC5=C6O[C@@H]7CO[C@]8(C)OC[C@@]6(CC[C@@H]5[C@@]4(C)C[C@H]3O)[C@H]78)O[C@@H]2C)O[C@H](C)[C@H]1O[C@H]1C[C@@H](OC)[C@@H](O)[C@H](C)O1. The highest BCUT2D eigenvalue weighted by molar-refractivity contribution is 5.40. The molecule has 20 atom stereocenters. The van der Waals surface area contributed by atoms with Gasteiger partial charge < -0.3 is 67.1 Å². The second kappa shape index (κ2) is 15.0. The van der Waals surface area contributed by atoms with E-state index in [0.29, 0.717) is 51.2 Å². The average Bonchev–Trinajstić information content (AvgIpc) is 3.80. The number of aliphatic hydroxyl groups excluding tert-OH is 2. The summed E-state index contributed by atoms with van der Waals surface area (Å²) < 4.78 is 75.0. The predicted molar refractivity (Wildman–Crippen MR) is 197 cm³/mol. The van der Waals surface area contributed by atoms with E-state index >= 15 is 0 Å². The van der Waals surface area contributed by atoms with Gasteiger partial charge in [-0.3, -0.25) is 0 Å². The van der Waals surface area contributed by atoms with Crippen LogP contribution in [0.5, 0.6) is 0 Å². The van der Waals surface area contributed by atoms with Crippen molar-refractivity contribution < 1.29 is 67.1 Å². The summed E-state index contributed by atoms with van der Waals surface area (Å²) in [7, 11) is 4.92. The van der Waals surface area contributed by atoms with E-state index in [0.717, 1.165) is 25.0 Å². The zero-order valence-electron chi connectivity index (χ0n) is 34.3. The summed E-state index contributed by atoms with van der Waals surface area (Å²) in [5.41, 5.74) is 2.50. The van der Waals surface area contributed by atoms with Gasteiger partial charge in [0.05, 0.1) is 73.4 Å². The molecule has 6 saturated heterocycles. The fourth-order valence-electron chi connectivity index (χ4n) is 12.4. The van der Waals surface area contributed by atoms with Crippen molar-refractivity contribution >= 4 is 0 Å². The van der Waals surface area contributed by atoms with Crippen LogP contribution in [0.25, 0.3) is 0 Å². The molecule has 0 amide bonds. The summed E-state index contributed by atoms with van der Waals surface area (Å²) in [4.78, 5) is 0. The minimum atomic E-state index is -0.724. The van der Waals surface area contributed by atoms with Gasteiger partial charge in [-0.2, -0.15) is 0 Å². The van der Waals surface area contributed by atoms with E-state index in [1.165, 1.54) is 11.1 Å². The lowest BCUT2D eigenvalue weighted by Gasteiger charge is -2.53. The Morgan fingerprint density at radius 2 is 1.36 bits per heavy atom. The molecule has 9 rings (SSSR count). The van der Waals surface area contributed by atoms with Gasteiger partial charge in [-0.15, -0.1) is 0 Å². The zero-order chi connectivity index (χ0) is 39.3. The smallest absolute Gasteiger partial charge is 0.173 e. The van der Waals surface area contributed by atoms with Gasteiger partial charge >= 0.3 is 0 Å². The standard InChI is InChI=1S/C42H64O14/c1-20-35(44)28(45-6)14-33(50-20)55-37-22(3)52-34(16-30(37)47-8)56-36-21(2)51-32(15-29(36)46-7)53-27-13-23-9-10-24-25(40(23,4)17-26(27)43)11-12-42-19-49-41(5)38(42)31(18-48-41)54-39(24)42/h9,20-22,25-38,43-44H,10-19H2,1-8H3/t20-,21+,22+,25-,26+,27+,28+,29-,30-,31+,32-,33-,34-,35-,36+,37+,38+,40-,41+,42-/m0/s1. The van der Waals surface area contributed by atoms with Gasteiger partial charge in [0.2, 0.25) is 0 Å². The van der Waals surface area contributed by atoms with Crippen LogP contribution >= 0.6 is 0 Å². The zero-order valence-corrected chi connectivity index (χ0v) is 34.3. The van der Waals surface area contributed by atoms with E-state index < -0.39 is 61.3 Å². The summed E-state index contributed by atoms with van der Waals surface area (Å²) in [5.74, 6) is 1.17. The molecule has 56 heavy (non-hydrogen) atoms. The molecule has 0 aromatic carbocycles. The third-order valence-electron chi connectivity index (χ3n) is 15.3. The number of fused-ring (bicyclic) bond motifs is 3. The average molecular weight is 793 g/mol. The number of hydrogen-bond acceptors (Lipinski definition) is 14. The van der Waals surface area contributed by atoms with Gasteiger partial charge in [0.15, 0.2) is 24.7 Å². The van der Waals surface area contributed by atoms with Crippen molar-refractivity contribution in [1.29, 1.82) is 0 Å². The van der Waals surface area contributed by atoms with E-state index in [9.17, 15) is 10.2 Å². The molecule has 1 spiro atoms. The van der Waals surface area contributed by atoms with E-state index in [-0.39, 0.29) is 53.4 Å². The number of hydrogen-bond donors (Lipinski definition) is 2. The van der Waals surface area contributed by atoms with Crippen molar-refractivity contribution in [3.8, 4) is 0 Å². The summed E-state index contributed by atoms with van der Waals surface area (Å²) in [6.45, 7) is 11.4. The first-order valence-corrected chi connectivity index (χ1v) is 21.1. The van der Waals surface area contributed by atoms with Gasteiger partial charge in [0.25, 0.3) is 0 Å². The van der Waals surface area contributed by atoms with Crippen molar-refractivity contribution in [2.75, 3.05) is 34.5 Å². The Morgan fingerprint density at radius 3 is 2.00 bits per heavy atom. The molecule has 14 nitrogen and oxygen atoms in total. The molecule has 14 heteroatoms. The Bertz CT molecular complexity index is 1520. The second-order valence-corrected chi connectivity index (χ2v) is 18.4. The molecule has 9 aliphatic rings. The number of ether oxygens (including phenoxy) is 12. The van der Waals surface area contributed by atoms with Crippen LogP contribution in [-0.4, -0.2) is 143 Å². The van der Waals surface area contributed by atoms with E-state index in [1.807, 2.05) is 20.8 Å². The quantitative estimate of drug-likeness (QED) is 0.325. The number of allylic oxidation sites excluding steroid dienone is 2. The van der Waals surface area contributed by atoms with Crippen molar-refractivity contribution in [1.82, 2.24) is 0 Å². The third-order valence-corrected chi connectivity index (χ3v) is 15.3. The number of methoxy groups -OCH3 is 3. The molecular weight excluding hydrogens is 728 g/mol. The first-order valence-electron chi connectivity index (χ1n) is 21.1. The summed E-state index contributed by atoms with van der Waals surface area (Å²) in [6, 6.07) is 0. The summed E-state index contributed by atoms with van der Waals surface area (Å²) in [5, 5.41) is 22.1. The molecule has 0 aromatic heterocycles. The van der Waals surface area contributed by atoms with Crippen molar-refractivity contribution in [3.63, 3.8) is 0 Å². The van der Waals surface area contributed by atoms with Gasteiger partial charge in [-0.05, 0) is 76.7 Å². The second-order valence-electron chi connectivity index (χ2n) is 18.4. The van der Waals surface area contributed by atoms with Gasteiger partial charge in [0.1, 0.15) is 30.2 Å². The molecule has 7 fully saturated rings. The van der Waals surface area contributed by atoms with Crippen molar-refractivity contribution in [3.05, 3.63) is 23.0 Å². The van der Waals surface area contributed by atoms with Gasteiger partial charge in [-0.1, -0.05) is 18.6 Å².